The first-order valence-electron chi connectivity index (χ1n) is 3.51. The summed E-state index contributed by atoms with van der Waals surface area (Å²) >= 11 is 0. The van der Waals surface area contributed by atoms with E-state index in [1.807, 2.05) is 6.92 Å². The third-order valence-electron chi connectivity index (χ3n) is 1.32. The number of nitrogens with one attached hydrogen (secondary N) is 1. The summed E-state index contributed by atoms with van der Waals surface area (Å²) in [7, 11) is 1.80. The Labute approximate surface area is 65.4 Å². The van der Waals surface area contributed by atoms with Gasteiger partial charge in [-0.2, -0.15) is 4.99 Å². The van der Waals surface area contributed by atoms with Gasteiger partial charge >= 0.3 is 0 Å². The maximum absolute atomic E-state index is 10.9. The Morgan fingerprint density at radius 3 is 2.82 bits per heavy atom. The Hall–Kier alpha value is -1.03. The predicted octanol–water partition coefficient (Wildman–Crippen LogP) is -0.00450. The molecule has 0 saturated carbocycles. The highest BCUT2D eigenvalue weighted by atomic mass is 16.1. The summed E-state index contributed by atoms with van der Waals surface area (Å²) in [5, 5.41) is 2.89. The summed E-state index contributed by atoms with van der Waals surface area (Å²) in [6.07, 6.45) is 0.368. The number of rotatable bonds is 2. The Kier molecular flexibility index (Phi) is 2.48. The van der Waals surface area contributed by atoms with Crippen LogP contribution in [0.3, 0.4) is 0 Å². The molecule has 1 heterocycles. The molecule has 1 N–H and O–H groups in total. The van der Waals surface area contributed by atoms with Crippen LogP contribution in [-0.4, -0.2) is 31.0 Å². The molecular formula is C7H11N3O. The van der Waals surface area contributed by atoms with E-state index in [1.165, 1.54) is 0 Å². The molecule has 0 saturated heterocycles. The van der Waals surface area contributed by atoms with Gasteiger partial charge < -0.3 is 5.32 Å². The minimum atomic E-state index is -0.0947. The van der Waals surface area contributed by atoms with Gasteiger partial charge in [0, 0.05) is 5.71 Å². The van der Waals surface area contributed by atoms with Crippen LogP contribution in [0.1, 0.15) is 13.3 Å². The van der Waals surface area contributed by atoms with E-state index in [4.69, 9.17) is 0 Å². The van der Waals surface area contributed by atoms with Crippen LogP contribution in [-0.2, 0) is 4.79 Å². The van der Waals surface area contributed by atoms with E-state index in [0.29, 0.717) is 18.8 Å². The van der Waals surface area contributed by atoms with E-state index in [2.05, 4.69) is 15.3 Å². The average Bonchev–Trinajstić information content (AvgIpc) is 1.85. The average molecular weight is 153 g/mol. The van der Waals surface area contributed by atoms with Crippen LogP contribution in [0.2, 0.25) is 0 Å². The zero-order valence-corrected chi connectivity index (χ0v) is 6.72. The van der Waals surface area contributed by atoms with E-state index in [1.54, 1.807) is 7.05 Å². The molecule has 0 aromatic rings. The zero-order chi connectivity index (χ0) is 8.27. The Morgan fingerprint density at radius 1 is 1.55 bits per heavy atom. The molecule has 1 amide bonds. The molecule has 0 radical (unpaired) electrons. The summed E-state index contributed by atoms with van der Waals surface area (Å²) in [5.41, 5.74) is 0.843. The maximum atomic E-state index is 10.9. The van der Waals surface area contributed by atoms with Gasteiger partial charge in [-0.1, -0.05) is 0 Å². The van der Waals surface area contributed by atoms with Gasteiger partial charge in [-0.05, 0) is 14.0 Å². The maximum Gasteiger partial charge on any atom is 0.253 e. The molecule has 1 aliphatic heterocycles. The molecule has 0 aromatic carbocycles. The molecule has 0 fully saturated rings. The Balaban J connectivity index is 2.70. The van der Waals surface area contributed by atoms with Gasteiger partial charge in [0.25, 0.3) is 5.91 Å². The standard InChI is InChI=1S/C7H11N3O/c1-5-3-7(11)10-6(9-5)4-8-2/h8H,3-4H2,1-2H3. The Bertz CT molecular complexity index is 230. The van der Waals surface area contributed by atoms with Crippen molar-refractivity contribution in [3.63, 3.8) is 0 Å². The van der Waals surface area contributed by atoms with Crippen molar-refractivity contribution in [1.82, 2.24) is 5.32 Å². The summed E-state index contributed by atoms with van der Waals surface area (Å²) in [6.45, 7) is 2.39. The van der Waals surface area contributed by atoms with Gasteiger partial charge in [-0.3, -0.25) is 4.79 Å². The second kappa shape index (κ2) is 3.39. The molecule has 1 aliphatic rings. The largest absolute Gasteiger partial charge is 0.313 e. The molecular weight excluding hydrogens is 142 g/mol. The third-order valence-corrected chi connectivity index (χ3v) is 1.32. The molecule has 0 spiro atoms. The zero-order valence-electron chi connectivity index (χ0n) is 6.72. The number of amidine groups is 1. The van der Waals surface area contributed by atoms with E-state index in [0.717, 1.165) is 5.71 Å². The topological polar surface area (TPSA) is 53.8 Å². The van der Waals surface area contributed by atoms with Crippen LogP contribution >= 0.6 is 0 Å². The molecule has 60 valence electrons. The molecule has 11 heavy (non-hydrogen) atoms. The second-order valence-electron chi connectivity index (χ2n) is 2.48. The first kappa shape index (κ1) is 8.07. The van der Waals surface area contributed by atoms with Gasteiger partial charge in [0.1, 0.15) is 5.84 Å². The summed E-state index contributed by atoms with van der Waals surface area (Å²) in [5.74, 6) is 0.490. The molecule has 1 rings (SSSR count). The van der Waals surface area contributed by atoms with Crippen molar-refractivity contribution in [2.45, 2.75) is 13.3 Å². The van der Waals surface area contributed by atoms with Crippen LogP contribution in [0, 0.1) is 0 Å². The predicted molar refractivity (Wildman–Crippen MR) is 44.1 cm³/mol. The molecule has 4 nitrogen and oxygen atoms in total. The van der Waals surface area contributed by atoms with Gasteiger partial charge in [-0.25, -0.2) is 4.99 Å². The molecule has 0 atom stereocenters. The lowest BCUT2D eigenvalue weighted by atomic mass is 10.2. The summed E-state index contributed by atoms with van der Waals surface area (Å²) in [4.78, 5) is 18.7. The molecule has 4 heteroatoms. The molecule has 0 aromatic heterocycles. The van der Waals surface area contributed by atoms with Crippen molar-refractivity contribution in [1.29, 1.82) is 0 Å². The molecule has 0 aliphatic carbocycles. The highest BCUT2D eigenvalue weighted by Crippen LogP contribution is 1.99. The summed E-state index contributed by atoms with van der Waals surface area (Å²) < 4.78 is 0. The third kappa shape index (κ3) is 2.23. The number of hydrogen-bond acceptors (Lipinski definition) is 3. The fourth-order valence-corrected chi connectivity index (χ4v) is 0.924. The SMILES string of the molecule is CNCC1=NC(=O)CC(C)=N1. The smallest absolute Gasteiger partial charge is 0.253 e. The van der Waals surface area contributed by atoms with Crippen molar-refractivity contribution < 1.29 is 4.79 Å². The van der Waals surface area contributed by atoms with Gasteiger partial charge in [0.05, 0.1) is 13.0 Å². The number of carbonyl (C=O) groups is 1. The van der Waals surface area contributed by atoms with Crippen LogP contribution in [0.5, 0.6) is 0 Å². The molecule has 0 bridgehead atoms. The van der Waals surface area contributed by atoms with Gasteiger partial charge in [0.2, 0.25) is 0 Å². The normalized spacial score (nSPS) is 17.8. The van der Waals surface area contributed by atoms with Crippen molar-refractivity contribution in [3.8, 4) is 0 Å². The number of hydrogen-bond donors (Lipinski definition) is 1. The Morgan fingerprint density at radius 2 is 2.27 bits per heavy atom. The van der Waals surface area contributed by atoms with Crippen LogP contribution in [0.15, 0.2) is 9.98 Å². The van der Waals surface area contributed by atoms with E-state index in [9.17, 15) is 4.79 Å². The highest BCUT2D eigenvalue weighted by molar-refractivity contribution is 6.13. The number of amides is 1. The van der Waals surface area contributed by atoms with Crippen LogP contribution in [0.25, 0.3) is 0 Å². The van der Waals surface area contributed by atoms with E-state index >= 15 is 0 Å². The second-order valence-corrected chi connectivity index (χ2v) is 2.48. The van der Waals surface area contributed by atoms with Gasteiger partial charge in [0.15, 0.2) is 0 Å². The molecule has 0 unspecified atom stereocenters. The van der Waals surface area contributed by atoms with Crippen LogP contribution < -0.4 is 5.32 Å². The van der Waals surface area contributed by atoms with E-state index < -0.39 is 0 Å². The van der Waals surface area contributed by atoms with Crippen molar-refractivity contribution >= 4 is 17.5 Å². The lowest BCUT2D eigenvalue weighted by Crippen LogP contribution is -2.23. The van der Waals surface area contributed by atoms with Crippen LogP contribution in [0.4, 0.5) is 0 Å². The van der Waals surface area contributed by atoms with Gasteiger partial charge in [-0.15, -0.1) is 0 Å². The van der Waals surface area contributed by atoms with Crippen molar-refractivity contribution in [3.05, 3.63) is 0 Å². The highest BCUT2D eigenvalue weighted by Gasteiger charge is 2.10. The first-order valence-corrected chi connectivity index (χ1v) is 3.51. The number of aliphatic imine (C=N–C) groups is 2. The lowest BCUT2D eigenvalue weighted by molar-refractivity contribution is -0.116. The fourth-order valence-electron chi connectivity index (χ4n) is 0.924. The fraction of sp³-hybridized carbons (Fsp3) is 0.571. The number of nitrogens with zero attached hydrogens (tertiary/aromatic N) is 2. The van der Waals surface area contributed by atoms with E-state index in [-0.39, 0.29) is 5.91 Å². The quantitative estimate of drug-likeness (QED) is 0.607. The number of carbonyl (C=O) groups excluding carboxylic acids is 1. The monoisotopic (exact) mass is 153 g/mol. The minimum absolute atomic E-state index is 0.0947. The van der Waals surface area contributed by atoms with Crippen molar-refractivity contribution in [2.24, 2.45) is 9.98 Å². The summed E-state index contributed by atoms with van der Waals surface area (Å²) in [6, 6.07) is 0. The van der Waals surface area contributed by atoms with Crippen molar-refractivity contribution in [2.75, 3.05) is 13.6 Å². The minimum Gasteiger partial charge on any atom is -0.313 e. The lowest BCUT2D eigenvalue weighted by Gasteiger charge is -2.06. The number of likely N-dealkylation sites (N-methyl/N-ethyl adjacent to an activating group) is 1. The first-order chi connectivity index (χ1) is 5.22.